The van der Waals surface area contributed by atoms with Gasteiger partial charge in [0.1, 0.15) is 25.4 Å². The Bertz CT molecular complexity index is 1210. The Morgan fingerprint density at radius 1 is 0.933 bits per heavy atom. The Balaban J connectivity index is 1.40. The summed E-state index contributed by atoms with van der Waals surface area (Å²) in [4.78, 5) is 11.6. The normalized spacial score (nSPS) is 18.1. The second kappa shape index (κ2) is 7.02. The van der Waals surface area contributed by atoms with Gasteiger partial charge < -0.3 is 14.4 Å². The molecule has 4 heterocycles. The van der Waals surface area contributed by atoms with Crippen molar-refractivity contribution in [2.75, 3.05) is 24.7 Å². The number of anilines is 1. The molecule has 1 fully saturated rings. The molecule has 6 rings (SSSR count). The third kappa shape index (κ3) is 2.77. The number of aromatic nitrogens is 4. The van der Waals surface area contributed by atoms with Crippen molar-refractivity contribution in [3.05, 3.63) is 66.6 Å². The molecule has 0 unspecified atom stereocenters. The van der Waals surface area contributed by atoms with E-state index in [-0.39, 0.29) is 6.04 Å². The lowest BCUT2D eigenvalue weighted by molar-refractivity contribution is 0.171. The lowest BCUT2D eigenvalue weighted by Gasteiger charge is -2.27. The number of para-hydroxylation sites is 1. The number of fused-ring (bicyclic) bond motifs is 2. The fourth-order valence-electron chi connectivity index (χ4n) is 4.45. The average Bonchev–Trinajstić information content (AvgIpc) is 3.47. The summed E-state index contributed by atoms with van der Waals surface area (Å²) in [5.74, 6) is 2.58. The Kier molecular flexibility index (Phi) is 4.04. The predicted octanol–water partition coefficient (Wildman–Crippen LogP) is 3.93. The molecular formula is C23H21N5O2. The van der Waals surface area contributed by atoms with Crippen LogP contribution in [0.5, 0.6) is 11.5 Å². The Morgan fingerprint density at radius 2 is 1.80 bits per heavy atom. The molecule has 0 bridgehead atoms. The van der Waals surface area contributed by atoms with Gasteiger partial charge in [-0.2, -0.15) is 5.10 Å². The van der Waals surface area contributed by atoms with Crippen molar-refractivity contribution < 1.29 is 9.47 Å². The first-order chi connectivity index (χ1) is 14.9. The van der Waals surface area contributed by atoms with Gasteiger partial charge in [0.2, 0.25) is 0 Å². The zero-order valence-electron chi connectivity index (χ0n) is 16.4. The Labute approximate surface area is 173 Å². The summed E-state index contributed by atoms with van der Waals surface area (Å²) in [6, 6.07) is 16.6. The number of rotatable bonds is 3. The van der Waals surface area contributed by atoms with E-state index in [9.17, 15) is 0 Å². The fourth-order valence-corrected chi connectivity index (χ4v) is 4.45. The molecule has 0 amide bonds. The van der Waals surface area contributed by atoms with Gasteiger partial charge in [-0.25, -0.2) is 14.6 Å². The van der Waals surface area contributed by atoms with E-state index < -0.39 is 0 Å². The summed E-state index contributed by atoms with van der Waals surface area (Å²) in [7, 11) is 0. The molecule has 1 saturated heterocycles. The third-order valence-corrected chi connectivity index (χ3v) is 5.82. The minimum atomic E-state index is 0.235. The van der Waals surface area contributed by atoms with Crippen LogP contribution in [0.2, 0.25) is 0 Å². The molecule has 2 aliphatic rings. The highest BCUT2D eigenvalue weighted by atomic mass is 16.6. The van der Waals surface area contributed by atoms with E-state index in [1.54, 1.807) is 6.33 Å². The van der Waals surface area contributed by atoms with Gasteiger partial charge in [-0.1, -0.05) is 24.3 Å². The van der Waals surface area contributed by atoms with Gasteiger partial charge in [-0.15, -0.1) is 0 Å². The van der Waals surface area contributed by atoms with Gasteiger partial charge in [-0.3, -0.25) is 0 Å². The Morgan fingerprint density at radius 3 is 2.70 bits per heavy atom. The molecule has 0 radical (unpaired) electrons. The second-order valence-electron chi connectivity index (χ2n) is 7.58. The van der Waals surface area contributed by atoms with E-state index in [4.69, 9.17) is 9.47 Å². The van der Waals surface area contributed by atoms with Crippen LogP contribution in [0.15, 0.2) is 61.1 Å². The smallest absolute Gasteiger partial charge is 0.168 e. The van der Waals surface area contributed by atoms with E-state index in [0.29, 0.717) is 13.2 Å². The summed E-state index contributed by atoms with van der Waals surface area (Å²) in [6.45, 7) is 2.14. The van der Waals surface area contributed by atoms with Gasteiger partial charge in [0, 0.05) is 6.54 Å². The predicted molar refractivity (Wildman–Crippen MR) is 113 cm³/mol. The first kappa shape index (κ1) is 17.3. The van der Waals surface area contributed by atoms with E-state index >= 15 is 0 Å². The fraction of sp³-hybridized carbons (Fsp3) is 0.261. The lowest BCUT2D eigenvalue weighted by Crippen LogP contribution is -2.24. The van der Waals surface area contributed by atoms with Gasteiger partial charge in [0.05, 0.1) is 23.3 Å². The van der Waals surface area contributed by atoms with Crippen LogP contribution in [0.3, 0.4) is 0 Å². The zero-order chi connectivity index (χ0) is 19.9. The number of nitrogens with zero attached hydrogens (tertiary/aromatic N) is 5. The summed E-state index contributed by atoms with van der Waals surface area (Å²) in [6.07, 6.45) is 5.68. The molecule has 1 atom stereocenters. The van der Waals surface area contributed by atoms with Crippen LogP contribution in [-0.4, -0.2) is 39.5 Å². The molecule has 0 aliphatic carbocycles. The largest absolute Gasteiger partial charge is 0.486 e. The first-order valence-corrected chi connectivity index (χ1v) is 10.3. The van der Waals surface area contributed by atoms with E-state index in [0.717, 1.165) is 53.4 Å². The van der Waals surface area contributed by atoms with Crippen molar-refractivity contribution in [2.45, 2.75) is 18.9 Å². The molecule has 7 nitrogen and oxygen atoms in total. The van der Waals surface area contributed by atoms with Crippen LogP contribution in [0, 0.1) is 0 Å². The Hall–Kier alpha value is -3.61. The molecule has 0 spiro atoms. The summed E-state index contributed by atoms with van der Waals surface area (Å²) in [5, 5.41) is 5.57. The molecule has 4 aromatic rings. The molecule has 2 aromatic carbocycles. The lowest BCUT2D eigenvalue weighted by atomic mass is 10.0. The van der Waals surface area contributed by atoms with E-state index in [2.05, 4.69) is 32.1 Å². The summed E-state index contributed by atoms with van der Waals surface area (Å²) >= 11 is 0. The van der Waals surface area contributed by atoms with Crippen molar-refractivity contribution in [1.29, 1.82) is 0 Å². The molecule has 2 aromatic heterocycles. The highest BCUT2D eigenvalue weighted by Gasteiger charge is 2.30. The van der Waals surface area contributed by atoms with Crippen molar-refractivity contribution in [3.63, 3.8) is 0 Å². The zero-order valence-corrected chi connectivity index (χ0v) is 16.4. The minimum absolute atomic E-state index is 0.235. The number of benzene rings is 2. The van der Waals surface area contributed by atoms with E-state index in [1.165, 1.54) is 5.56 Å². The quantitative estimate of drug-likeness (QED) is 0.520. The minimum Gasteiger partial charge on any atom is -0.486 e. The monoisotopic (exact) mass is 399 g/mol. The maximum atomic E-state index is 5.80. The standard InChI is InChI=1S/C23H21N5O2/c1-2-5-17(6-3-1)28-23-18(14-26-28)22(24-15-25-23)27-10-4-7-19(27)16-8-9-20-21(13-16)30-12-11-29-20/h1-3,5-6,8-9,13-15,19H,4,7,10-12H2/t19-/m1/s1. The van der Waals surface area contributed by atoms with Gasteiger partial charge in [0.25, 0.3) is 0 Å². The van der Waals surface area contributed by atoms with Crippen molar-refractivity contribution in [3.8, 4) is 17.2 Å². The maximum absolute atomic E-state index is 5.80. The average molecular weight is 399 g/mol. The highest BCUT2D eigenvalue weighted by Crippen LogP contribution is 2.41. The molecule has 0 N–H and O–H groups in total. The van der Waals surface area contributed by atoms with Crippen LogP contribution >= 0.6 is 0 Å². The van der Waals surface area contributed by atoms with Crippen molar-refractivity contribution in [1.82, 2.24) is 19.7 Å². The third-order valence-electron chi connectivity index (χ3n) is 5.82. The van der Waals surface area contributed by atoms with Crippen LogP contribution in [0.4, 0.5) is 5.82 Å². The molecule has 0 saturated carbocycles. The topological polar surface area (TPSA) is 65.3 Å². The maximum Gasteiger partial charge on any atom is 0.168 e. The highest BCUT2D eigenvalue weighted by molar-refractivity contribution is 5.88. The summed E-state index contributed by atoms with van der Waals surface area (Å²) in [5.41, 5.74) is 3.03. The molecule has 150 valence electrons. The molecule has 2 aliphatic heterocycles. The number of hydrogen-bond acceptors (Lipinski definition) is 6. The first-order valence-electron chi connectivity index (χ1n) is 10.3. The number of ether oxygens (including phenoxy) is 2. The van der Waals surface area contributed by atoms with Crippen LogP contribution < -0.4 is 14.4 Å². The van der Waals surface area contributed by atoms with Crippen LogP contribution in [-0.2, 0) is 0 Å². The van der Waals surface area contributed by atoms with Crippen molar-refractivity contribution in [2.24, 2.45) is 0 Å². The van der Waals surface area contributed by atoms with E-state index in [1.807, 2.05) is 47.3 Å². The molecule has 7 heteroatoms. The van der Waals surface area contributed by atoms with Gasteiger partial charge in [0.15, 0.2) is 17.1 Å². The van der Waals surface area contributed by atoms with Crippen molar-refractivity contribution >= 4 is 16.9 Å². The SMILES string of the molecule is c1ccc(-n2ncc3c(N4CCC[C@@H]4c4ccc5c(c4)OCCO5)ncnc32)cc1. The van der Waals surface area contributed by atoms with Crippen LogP contribution in [0.1, 0.15) is 24.4 Å². The molecular weight excluding hydrogens is 378 g/mol. The number of hydrogen-bond donors (Lipinski definition) is 0. The summed E-state index contributed by atoms with van der Waals surface area (Å²) < 4.78 is 13.4. The van der Waals surface area contributed by atoms with Crippen LogP contribution in [0.25, 0.3) is 16.7 Å². The molecule has 30 heavy (non-hydrogen) atoms. The van der Waals surface area contributed by atoms with Gasteiger partial charge in [-0.05, 0) is 42.7 Å². The second-order valence-corrected chi connectivity index (χ2v) is 7.58. The van der Waals surface area contributed by atoms with Gasteiger partial charge >= 0.3 is 0 Å².